The van der Waals surface area contributed by atoms with Crippen LogP contribution >= 0.6 is 0 Å². The van der Waals surface area contributed by atoms with Crippen LogP contribution in [0.1, 0.15) is 69.8 Å². The van der Waals surface area contributed by atoms with E-state index in [1.165, 1.54) is 6.42 Å². The smallest absolute Gasteiger partial charge is 0.271 e. The highest BCUT2D eigenvalue weighted by Gasteiger charge is 2.48. The van der Waals surface area contributed by atoms with Gasteiger partial charge in [0.2, 0.25) is 5.91 Å². The summed E-state index contributed by atoms with van der Waals surface area (Å²) in [5.74, 6) is 2.02. The Balaban J connectivity index is 1.38. The van der Waals surface area contributed by atoms with Gasteiger partial charge in [0.15, 0.2) is 0 Å². The molecule has 1 saturated heterocycles. The summed E-state index contributed by atoms with van der Waals surface area (Å²) in [6.07, 6.45) is 8.14. The predicted molar refractivity (Wildman–Crippen MR) is 136 cm³/mol. The zero-order valence-corrected chi connectivity index (χ0v) is 21.5. The maximum absolute atomic E-state index is 13.8. The number of aromatic nitrogens is 1. The van der Waals surface area contributed by atoms with Crippen LogP contribution in [-0.2, 0) is 11.3 Å². The van der Waals surface area contributed by atoms with Crippen LogP contribution in [0.4, 0.5) is 0 Å². The summed E-state index contributed by atoms with van der Waals surface area (Å²) in [5, 5.41) is 3.29. The molecule has 2 aliphatic heterocycles. The average molecular weight is 481 g/mol. The SMILES string of the molecule is CC1CC(C)CN(CCCN2C(=O)c3ccc(-c4ccco4)n3CC2(C)C(=O)NC2CCCC2)C1. The molecule has 3 unspecified atom stereocenters. The number of likely N-dealkylation sites (tertiary alicyclic amines) is 1. The summed E-state index contributed by atoms with van der Waals surface area (Å²) in [6, 6.07) is 7.76. The third-order valence-electron chi connectivity index (χ3n) is 8.26. The number of fused-ring (bicyclic) bond motifs is 1. The lowest BCUT2D eigenvalue weighted by atomic mass is 9.91. The Hall–Kier alpha value is -2.54. The summed E-state index contributed by atoms with van der Waals surface area (Å²) < 4.78 is 7.61. The van der Waals surface area contributed by atoms with Gasteiger partial charge in [0, 0.05) is 25.7 Å². The number of carbonyl (C=O) groups is 2. The zero-order chi connectivity index (χ0) is 24.6. The summed E-state index contributed by atoms with van der Waals surface area (Å²) in [6.45, 7) is 10.8. The van der Waals surface area contributed by atoms with E-state index < -0.39 is 5.54 Å². The highest BCUT2D eigenvalue weighted by Crippen LogP contribution is 2.34. The molecule has 1 aliphatic carbocycles. The van der Waals surface area contributed by atoms with Gasteiger partial charge in [0.05, 0.1) is 18.5 Å². The van der Waals surface area contributed by atoms with Crippen LogP contribution in [0, 0.1) is 11.8 Å². The van der Waals surface area contributed by atoms with Crippen molar-refractivity contribution in [3.63, 3.8) is 0 Å². The molecule has 1 saturated carbocycles. The Kier molecular flexibility index (Phi) is 6.80. The first kappa shape index (κ1) is 24.2. The van der Waals surface area contributed by atoms with Crippen LogP contribution in [0.25, 0.3) is 11.5 Å². The van der Waals surface area contributed by atoms with Crippen molar-refractivity contribution in [2.24, 2.45) is 11.8 Å². The molecule has 2 fully saturated rings. The van der Waals surface area contributed by atoms with E-state index in [9.17, 15) is 9.59 Å². The van der Waals surface area contributed by atoms with E-state index in [2.05, 4.69) is 24.1 Å². The van der Waals surface area contributed by atoms with Gasteiger partial charge in [0.1, 0.15) is 17.0 Å². The molecular weight excluding hydrogens is 440 g/mol. The normalized spacial score (nSPS) is 27.9. The van der Waals surface area contributed by atoms with E-state index in [-0.39, 0.29) is 17.9 Å². The van der Waals surface area contributed by atoms with Crippen molar-refractivity contribution in [3.05, 3.63) is 36.2 Å². The number of furan rings is 1. The van der Waals surface area contributed by atoms with Crippen LogP contribution in [0.5, 0.6) is 0 Å². The maximum Gasteiger partial charge on any atom is 0.271 e. The zero-order valence-electron chi connectivity index (χ0n) is 21.5. The number of nitrogens with one attached hydrogen (secondary N) is 1. The summed E-state index contributed by atoms with van der Waals surface area (Å²) >= 11 is 0. The van der Waals surface area contributed by atoms with Crippen molar-refractivity contribution >= 4 is 11.8 Å². The largest absolute Gasteiger partial charge is 0.463 e. The molecule has 0 aromatic carbocycles. The molecule has 0 spiro atoms. The third kappa shape index (κ3) is 4.80. The van der Waals surface area contributed by atoms with Crippen LogP contribution in [-0.4, -0.2) is 63.9 Å². The minimum Gasteiger partial charge on any atom is -0.463 e. The van der Waals surface area contributed by atoms with Gasteiger partial charge in [-0.25, -0.2) is 0 Å². The molecule has 3 atom stereocenters. The molecular formula is C28H40N4O3. The molecule has 7 heteroatoms. The second-order valence-corrected chi connectivity index (χ2v) is 11.4. The number of hydrogen-bond acceptors (Lipinski definition) is 4. The Labute approximate surface area is 208 Å². The first-order valence-electron chi connectivity index (χ1n) is 13.4. The minimum atomic E-state index is -0.949. The summed E-state index contributed by atoms with van der Waals surface area (Å²) in [7, 11) is 0. The number of nitrogens with zero attached hydrogens (tertiary/aromatic N) is 3. The van der Waals surface area contributed by atoms with Gasteiger partial charge in [-0.15, -0.1) is 0 Å². The highest BCUT2D eigenvalue weighted by atomic mass is 16.3. The number of rotatable bonds is 7. The standard InChI is InChI=1S/C28H40N4O3/c1-20-16-21(2)18-30(17-20)13-7-14-32-26(33)24-12-11-23(25-10-6-15-35-25)31(24)19-28(32,3)27(34)29-22-8-4-5-9-22/h6,10-12,15,20-22H,4-5,7-9,13-14,16-19H2,1-3H3,(H,29,34). The van der Waals surface area contributed by atoms with Crippen molar-refractivity contribution in [1.82, 2.24) is 19.7 Å². The monoisotopic (exact) mass is 480 g/mol. The lowest BCUT2D eigenvalue weighted by molar-refractivity contribution is -0.133. The molecule has 35 heavy (non-hydrogen) atoms. The Morgan fingerprint density at radius 3 is 2.49 bits per heavy atom. The van der Waals surface area contributed by atoms with E-state index in [1.807, 2.05) is 40.7 Å². The van der Waals surface area contributed by atoms with Gasteiger partial charge in [0.25, 0.3) is 5.91 Å². The number of amides is 2. The maximum atomic E-state index is 13.8. The first-order valence-corrected chi connectivity index (χ1v) is 13.4. The summed E-state index contributed by atoms with van der Waals surface area (Å²) in [5.41, 5.74) is 0.520. The number of carbonyl (C=O) groups excluding carboxylic acids is 2. The van der Waals surface area contributed by atoms with Crippen molar-refractivity contribution in [2.45, 2.75) is 77.4 Å². The van der Waals surface area contributed by atoms with E-state index >= 15 is 0 Å². The van der Waals surface area contributed by atoms with E-state index in [4.69, 9.17) is 4.42 Å². The molecule has 7 nitrogen and oxygen atoms in total. The molecule has 1 N–H and O–H groups in total. The predicted octanol–water partition coefficient (Wildman–Crippen LogP) is 4.39. The van der Waals surface area contributed by atoms with Crippen molar-refractivity contribution in [3.8, 4) is 11.5 Å². The molecule has 5 rings (SSSR count). The fourth-order valence-corrected chi connectivity index (χ4v) is 6.60. The number of hydrogen-bond donors (Lipinski definition) is 1. The molecule has 2 amide bonds. The van der Waals surface area contributed by atoms with E-state index in [1.54, 1.807) is 6.26 Å². The fraction of sp³-hybridized carbons (Fsp3) is 0.643. The van der Waals surface area contributed by atoms with Crippen molar-refractivity contribution in [2.75, 3.05) is 26.2 Å². The van der Waals surface area contributed by atoms with E-state index in [0.717, 1.165) is 57.4 Å². The minimum absolute atomic E-state index is 0.0392. The molecule has 190 valence electrons. The molecule has 3 aliphatic rings. The second-order valence-electron chi connectivity index (χ2n) is 11.4. The van der Waals surface area contributed by atoms with Crippen LogP contribution in [0.3, 0.4) is 0 Å². The van der Waals surface area contributed by atoms with Crippen molar-refractivity contribution in [1.29, 1.82) is 0 Å². The highest BCUT2D eigenvalue weighted by molar-refractivity contribution is 6.00. The third-order valence-corrected chi connectivity index (χ3v) is 8.26. The average Bonchev–Trinajstić information content (AvgIpc) is 3.57. The molecule has 2 aromatic rings. The quantitative estimate of drug-likeness (QED) is 0.638. The van der Waals surface area contributed by atoms with Crippen LogP contribution in [0.15, 0.2) is 34.9 Å². The molecule has 0 radical (unpaired) electrons. The van der Waals surface area contributed by atoms with Gasteiger partial charge in [-0.3, -0.25) is 9.59 Å². The Morgan fingerprint density at radius 2 is 1.80 bits per heavy atom. The Morgan fingerprint density at radius 1 is 1.09 bits per heavy atom. The Bertz CT molecular complexity index is 1030. The van der Waals surface area contributed by atoms with Gasteiger partial charge in [-0.1, -0.05) is 26.7 Å². The van der Waals surface area contributed by atoms with Crippen molar-refractivity contribution < 1.29 is 14.0 Å². The lowest BCUT2D eigenvalue weighted by Crippen LogP contribution is -2.65. The first-order chi connectivity index (χ1) is 16.8. The van der Waals surface area contributed by atoms with Gasteiger partial charge in [-0.2, -0.15) is 0 Å². The second kappa shape index (κ2) is 9.84. The van der Waals surface area contributed by atoms with Gasteiger partial charge >= 0.3 is 0 Å². The van der Waals surface area contributed by atoms with Gasteiger partial charge < -0.3 is 24.1 Å². The molecule has 0 bridgehead atoms. The lowest BCUT2D eigenvalue weighted by Gasteiger charge is -2.45. The van der Waals surface area contributed by atoms with Gasteiger partial charge in [-0.05, 0) is 75.3 Å². The molecule has 4 heterocycles. The number of piperidine rings is 1. The summed E-state index contributed by atoms with van der Waals surface area (Å²) in [4.78, 5) is 32.0. The van der Waals surface area contributed by atoms with E-state index in [0.29, 0.717) is 36.4 Å². The van der Waals surface area contributed by atoms with Crippen LogP contribution < -0.4 is 5.32 Å². The molecule has 2 aromatic heterocycles. The fourth-order valence-electron chi connectivity index (χ4n) is 6.60. The van der Waals surface area contributed by atoms with Crippen LogP contribution in [0.2, 0.25) is 0 Å². The topological polar surface area (TPSA) is 70.7 Å².